The van der Waals surface area contributed by atoms with Crippen molar-refractivity contribution < 1.29 is 14.3 Å². The molecule has 3 aromatic carbocycles. The number of fused-ring (bicyclic) bond motifs is 1. The highest BCUT2D eigenvalue weighted by molar-refractivity contribution is 6.03. The van der Waals surface area contributed by atoms with Crippen LogP contribution in [0.2, 0.25) is 0 Å². The van der Waals surface area contributed by atoms with Crippen molar-refractivity contribution in [1.82, 2.24) is 0 Å². The van der Waals surface area contributed by atoms with Gasteiger partial charge in [0, 0.05) is 17.9 Å². The summed E-state index contributed by atoms with van der Waals surface area (Å²) < 4.78 is 5.76. The van der Waals surface area contributed by atoms with E-state index in [2.05, 4.69) is 10.6 Å². The Labute approximate surface area is 175 Å². The molecule has 2 N–H and O–H groups in total. The molecule has 0 saturated heterocycles. The summed E-state index contributed by atoms with van der Waals surface area (Å²) in [7, 11) is 0. The lowest BCUT2D eigenvalue weighted by atomic mass is 10.1. The lowest BCUT2D eigenvalue weighted by Crippen LogP contribution is -2.45. The summed E-state index contributed by atoms with van der Waals surface area (Å²) in [6.45, 7) is 2.28. The van der Waals surface area contributed by atoms with Gasteiger partial charge in [-0.15, -0.1) is 0 Å². The van der Waals surface area contributed by atoms with E-state index in [0.717, 1.165) is 12.0 Å². The maximum absolute atomic E-state index is 12.8. The third-order valence-corrected chi connectivity index (χ3v) is 4.92. The minimum atomic E-state index is -0.548. The van der Waals surface area contributed by atoms with Gasteiger partial charge in [0.15, 0.2) is 6.10 Å². The molecule has 1 atom stereocenters. The Morgan fingerprint density at radius 3 is 2.33 bits per heavy atom. The molecule has 0 aliphatic carbocycles. The van der Waals surface area contributed by atoms with Gasteiger partial charge in [-0.3, -0.25) is 4.79 Å². The molecule has 6 nitrogen and oxygen atoms in total. The summed E-state index contributed by atoms with van der Waals surface area (Å²) in [5, 5.41) is 5.60. The number of hydrogen-bond donors (Lipinski definition) is 2. The average molecular weight is 401 g/mol. The van der Waals surface area contributed by atoms with E-state index in [1.165, 1.54) is 0 Å². The first-order valence-electron chi connectivity index (χ1n) is 9.89. The summed E-state index contributed by atoms with van der Waals surface area (Å²) in [5.41, 5.74) is 3.09. The van der Waals surface area contributed by atoms with Crippen LogP contribution < -0.4 is 20.3 Å². The van der Waals surface area contributed by atoms with E-state index >= 15 is 0 Å². The van der Waals surface area contributed by atoms with Crippen molar-refractivity contribution in [2.45, 2.75) is 19.4 Å². The molecule has 6 heteroatoms. The first-order chi connectivity index (χ1) is 14.6. The van der Waals surface area contributed by atoms with Gasteiger partial charge in [-0.05, 0) is 49.2 Å². The predicted octanol–water partition coefficient (Wildman–Crippen LogP) is 4.69. The second-order valence-corrected chi connectivity index (χ2v) is 7.11. The number of nitrogens with one attached hydrogen (secondary N) is 2. The molecule has 0 saturated carbocycles. The molecule has 0 radical (unpaired) electrons. The average Bonchev–Trinajstić information content (AvgIpc) is 2.76. The molecule has 152 valence electrons. The number of ether oxygens (including phenoxy) is 1. The standard InChI is InChI=1S/C24H23N3O3/c1-17-23(28)27(15-14-18-8-4-2-5-9-18)21-16-20(12-13-22(21)30-17)26-24(29)25-19-10-6-3-7-11-19/h2-13,16-17H,14-15H2,1H3,(H2,25,26,29). The van der Waals surface area contributed by atoms with Gasteiger partial charge in [0.2, 0.25) is 0 Å². The molecule has 0 spiro atoms. The first-order valence-corrected chi connectivity index (χ1v) is 9.89. The second-order valence-electron chi connectivity index (χ2n) is 7.11. The monoisotopic (exact) mass is 401 g/mol. The van der Waals surface area contributed by atoms with Crippen LogP contribution in [0.1, 0.15) is 12.5 Å². The molecule has 1 unspecified atom stereocenters. The van der Waals surface area contributed by atoms with E-state index in [4.69, 9.17) is 4.74 Å². The fraction of sp³-hybridized carbons (Fsp3) is 0.167. The van der Waals surface area contributed by atoms with E-state index < -0.39 is 6.10 Å². The number of rotatable bonds is 5. The molecule has 0 fully saturated rings. The fourth-order valence-electron chi connectivity index (χ4n) is 3.42. The number of anilines is 3. The van der Waals surface area contributed by atoms with Crippen LogP contribution in [0.5, 0.6) is 5.75 Å². The fourth-order valence-corrected chi connectivity index (χ4v) is 3.42. The zero-order valence-corrected chi connectivity index (χ0v) is 16.7. The van der Waals surface area contributed by atoms with Crippen LogP contribution in [0, 0.1) is 0 Å². The number of benzene rings is 3. The maximum atomic E-state index is 12.8. The SMILES string of the molecule is CC1Oc2ccc(NC(=O)Nc3ccccc3)cc2N(CCc2ccccc2)C1=O. The van der Waals surface area contributed by atoms with Crippen LogP contribution in [0.4, 0.5) is 21.9 Å². The van der Waals surface area contributed by atoms with Gasteiger partial charge in [0.05, 0.1) is 5.69 Å². The van der Waals surface area contributed by atoms with Gasteiger partial charge in [0.1, 0.15) is 5.75 Å². The van der Waals surface area contributed by atoms with Crippen LogP contribution in [0.3, 0.4) is 0 Å². The Morgan fingerprint density at radius 2 is 1.60 bits per heavy atom. The quantitative estimate of drug-likeness (QED) is 0.652. The molecule has 30 heavy (non-hydrogen) atoms. The van der Waals surface area contributed by atoms with E-state index in [0.29, 0.717) is 29.4 Å². The van der Waals surface area contributed by atoms with Crippen molar-refractivity contribution in [2.75, 3.05) is 22.1 Å². The Bertz CT molecular complexity index is 1040. The molecule has 0 bridgehead atoms. The largest absolute Gasteiger partial charge is 0.479 e. The molecule has 3 amide bonds. The number of carbonyl (C=O) groups excluding carboxylic acids is 2. The second kappa shape index (κ2) is 8.69. The van der Waals surface area contributed by atoms with Crippen molar-refractivity contribution in [1.29, 1.82) is 0 Å². The Kier molecular flexibility index (Phi) is 5.66. The van der Waals surface area contributed by atoms with Gasteiger partial charge >= 0.3 is 6.03 Å². The number of nitrogens with zero attached hydrogens (tertiary/aromatic N) is 1. The Balaban J connectivity index is 1.51. The number of hydrogen-bond acceptors (Lipinski definition) is 3. The zero-order chi connectivity index (χ0) is 20.9. The van der Waals surface area contributed by atoms with E-state index in [1.54, 1.807) is 30.0 Å². The van der Waals surface area contributed by atoms with Crippen molar-refractivity contribution >= 4 is 29.0 Å². The van der Waals surface area contributed by atoms with Crippen molar-refractivity contribution in [3.05, 3.63) is 84.4 Å². The van der Waals surface area contributed by atoms with Crippen LogP contribution >= 0.6 is 0 Å². The molecule has 1 aliphatic heterocycles. The van der Waals surface area contributed by atoms with Crippen LogP contribution in [-0.4, -0.2) is 24.6 Å². The van der Waals surface area contributed by atoms with E-state index in [-0.39, 0.29) is 11.9 Å². The summed E-state index contributed by atoms with van der Waals surface area (Å²) in [6.07, 6.45) is 0.179. The van der Waals surface area contributed by atoms with Crippen LogP contribution in [0.25, 0.3) is 0 Å². The van der Waals surface area contributed by atoms with E-state index in [9.17, 15) is 9.59 Å². The van der Waals surface area contributed by atoms with Crippen molar-refractivity contribution in [2.24, 2.45) is 0 Å². The number of para-hydroxylation sites is 1. The zero-order valence-electron chi connectivity index (χ0n) is 16.7. The molecular formula is C24H23N3O3. The van der Waals surface area contributed by atoms with E-state index in [1.807, 2.05) is 60.7 Å². The van der Waals surface area contributed by atoms with Gasteiger partial charge in [-0.2, -0.15) is 0 Å². The van der Waals surface area contributed by atoms with Gasteiger partial charge in [0.25, 0.3) is 5.91 Å². The van der Waals surface area contributed by atoms with Crippen molar-refractivity contribution in [3.63, 3.8) is 0 Å². The lowest BCUT2D eigenvalue weighted by Gasteiger charge is -2.33. The topological polar surface area (TPSA) is 70.7 Å². The molecule has 1 aliphatic rings. The first kappa shape index (κ1) is 19.5. The molecular weight excluding hydrogens is 378 g/mol. The summed E-state index contributed by atoms with van der Waals surface area (Å²) >= 11 is 0. The number of urea groups is 1. The number of amides is 3. The summed E-state index contributed by atoms with van der Waals surface area (Å²) in [6, 6.07) is 24.2. The Hall–Kier alpha value is -3.80. The highest BCUT2D eigenvalue weighted by atomic mass is 16.5. The molecule has 0 aromatic heterocycles. The van der Waals surface area contributed by atoms with Crippen molar-refractivity contribution in [3.8, 4) is 5.75 Å². The maximum Gasteiger partial charge on any atom is 0.323 e. The lowest BCUT2D eigenvalue weighted by molar-refractivity contribution is -0.125. The molecule has 4 rings (SSSR count). The number of carbonyl (C=O) groups is 2. The third kappa shape index (κ3) is 4.43. The van der Waals surface area contributed by atoms with Crippen LogP contribution in [0.15, 0.2) is 78.9 Å². The summed E-state index contributed by atoms with van der Waals surface area (Å²) in [5.74, 6) is 0.536. The van der Waals surface area contributed by atoms with Gasteiger partial charge in [-0.25, -0.2) is 4.79 Å². The van der Waals surface area contributed by atoms with Crippen LogP contribution in [-0.2, 0) is 11.2 Å². The van der Waals surface area contributed by atoms with Gasteiger partial charge in [-0.1, -0.05) is 48.5 Å². The minimum Gasteiger partial charge on any atom is -0.479 e. The third-order valence-electron chi connectivity index (χ3n) is 4.92. The highest BCUT2D eigenvalue weighted by Gasteiger charge is 2.31. The highest BCUT2D eigenvalue weighted by Crippen LogP contribution is 2.36. The molecule has 3 aromatic rings. The summed E-state index contributed by atoms with van der Waals surface area (Å²) in [4.78, 5) is 26.8. The predicted molar refractivity (Wildman–Crippen MR) is 118 cm³/mol. The normalized spacial score (nSPS) is 15.2. The smallest absolute Gasteiger partial charge is 0.323 e. The Morgan fingerprint density at radius 1 is 0.933 bits per heavy atom. The van der Waals surface area contributed by atoms with Gasteiger partial charge < -0.3 is 20.3 Å². The molecule has 1 heterocycles. The minimum absolute atomic E-state index is 0.0932.